The van der Waals surface area contributed by atoms with E-state index in [9.17, 15) is 4.79 Å². The van der Waals surface area contributed by atoms with Crippen molar-refractivity contribution >= 4 is 33.4 Å². The van der Waals surface area contributed by atoms with Crippen molar-refractivity contribution in [2.45, 2.75) is 63.8 Å². The molecule has 0 radical (unpaired) electrons. The molecule has 1 atom stereocenters. The molecule has 0 aliphatic rings. The van der Waals surface area contributed by atoms with E-state index in [1.165, 1.54) is 0 Å². The van der Waals surface area contributed by atoms with Gasteiger partial charge in [-0.05, 0) is 33.1 Å². The first kappa shape index (κ1) is 16.2. The zero-order valence-electron chi connectivity index (χ0n) is 10.5. The van der Waals surface area contributed by atoms with E-state index in [4.69, 9.17) is 11.6 Å². The molecule has 2 nitrogen and oxygen atoms in total. The Hall–Kier alpha value is 0.240. The smallest absolute Gasteiger partial charge is 0.238 e. The largest absolute Gasteiger partial charge is 0.350 e. The van der Waals surface area contributed by atoms with Gasteiger partial charge in [-0.2, -0.15) is 0 Å². The molecule has 0 aliphatic heterocycles. The van der Waals surface area contributed by atoms with Crippen LogP contribution in [-0.4, -0.2) is 22.2 Å². The zero-order valence-corrected chi connectivity index (χ0v) is 12.8. The Labute approximate surface area is 113 Å². The maximum absolute atomic E-state index is 11.7. The van der Waals surface area contributed by atoms with E-state index in [1.807, 2.05) is 13.8 Å². The van der Waals surface area contributed by atoms with Crippen LogP contribution in [0, 0.1) is 0 Å². The van der Waals surface area contributed by atoms with Crippen LogP contribution in [0.4, 0.5) is 0 Å². The highest BCUT2D eigenvalue weighted by Gasteiger charge is 2.22. The van der Waals surface area contributed by atoms with E-state index < -0.39 is 0 Å². The van der Waals surface area contributed by atoms with E-state index in [0.717, 1.165) is 37.4 Å². The van der Waals surface area contributed by atoms with Crippen LogP contribution in [0.5, 0.6) is 0 Å². The zero-order chi connectivity index (χ0) is 12.6. The fourth-order valence-corrected chi connectivity index (χ4v) is 1.83. The number of hydrogen-bond acceptors (Lipinski definition) is 1. The lowest BCUT2D eigenvalue weighted by Crippen LogP contribution is -2.46. The molecule has 0 rings (SSSR count). The summed E-state index contributed by atoms with van der Waals surface area (Å²) in [5.41, 5.74) is -0.153. The average Bonchev–Trinajstić information content (AvgIpc) is 2.23. The minimum atomic E-state index is -0.388. The first-order chi connectivity index (χ1) is 7.43. The van der Waals surface area contributed by atoms with Gasteiger partial charge in [0.25, 0.3) is 0 Å². The second kappa shape index (κ2) is 8.35. The number of nitrogens with one attached hydrogen (secondary N) is 1. The van der Waals surface area contributed by atoms with E-state index in [2.05, 4.69) is 28.2 Å². The molecule has 96 valence electrons. The molecule has 1 N–H and O–H groups in total. The topological polar surface area (TPSA) is 29.1 Å². The Morgan fingerprint density at radius 3 is 2.50 bits per heavy atom. The van der Waals surface area contributed by atoms with Gasteiger partial charge in [0.1, 0.15) is 5.38 Å². The molecular weight excluding hydrogens is 289 g/mol. The molecule has 0 spiro atoms. The van der Waals surface area contributed by atoms with Crippen LogP contribution >= 0.6 is 27.5 Å². The molecule has 0 heterocycles. The van der Waals surface area contributed by atoms with Gasteiger partial charge < -0.3 is 5.32 Å². The molecule has 0 saturated heterocycles. The molecule has 0 aromatic rings. The standard InChI is InChI=1S/C12H23BrClNO/c1-4-12(2,3)15-11(16)10(14)8-6-5-7-9-13/h10H,4-9H2,1-3H3,(H,15,16). The van der Waals surface area contributed by atoms with E-state index in [0.29, 0.717) is 0 Å². The molecule has 0 bridgehead atoms. The van der Waals surface area contributed by atoms with Crippen LogP contribution in [0.2, 0.25) is 0 Å². The van der Waals surface area contributed by atoms with Crippen molar-refractivity contribution in [2.24, 2.45) is 0 Å². The van der Waals surface area contributed by atoms with Crippen molar-refractivity contribution in [3.63, 3.8) is 0 Å². The summed E-state index contributed by atoms with van der Waals surface area (Å²) in [6, 6.07) is 0. The highest BCUT2D eigenvalue weighted by Crippen LogP contribution is 2.13. The third-order valence-corrected chi connectivity index (χ3v) is 3.70. The average molecular weight is 313 g/mol. The second-order valence-electron chi connectivity index (χ2n) is 4.73. The van der Waals surface area contributed by atoms with Gasteiger partial charge in [-0.15, -0.1) is 11.6 Å². The molecule has 1 unspecified atom stereocenters. The van der Waals surface area contributed by atoms with Crippen LogP contribution < -0.4 is 5.32 Å². The second-order valence-corrected chi connectivity index (χ2v) is 6.05. The van der Waals surface area contributed by atoms with Crippen LogP contribution in [-0.2, 0) is 4.79 Å². The maximum atomic E-state index is 11.7. The summed E-state index contributed by atoms with van der Waals surface area (Å²) in [7, 11) is 0. The number of amides is 1. The Bertz CT molecular complexity index is 209. The van der Waals surface area contributed by atoms with Crippen LogP contribution in [0.15, 0.2) is 0 Å². The van der Waals surface area contributed by atoms with Crippen molar-refractivity contribution in [1.29, 1.82) is 0 Å². The number of alkyl halides is 2. The monoisotopic (exact) mass is 311 g/mol. The summed E-state index contributed by atoms with van der Waals surface area (Å²) in [6.07, 6.45) is 4.95. The van der Waals surface area contributed by atoms with Crippen molar-refractivity contribution < 1.29 is 4.79 Å². The Kier molecular flexibility index (Phi) is 8.47. The van der Waals surface area contributed by atoms with Crippen molar-refractivity contribution in [1.82, 2.24) is 5.32 Å². The van der Waals surface area contributed by atoms with Gasteiger partial charge in [0.2, 0.25) is 5.91 Å². The lowest BCUT2D eigenvalue weighted by molar-refractivity contribution is -0.122. The normalized spacial score (nSPS) is 13.6. The molecule has 0 fully saturated rings. The van der Waals surface area contributed by atoms with Crippen molar-refractivity contribution in [3.8, 4) is 0 Å². The molecule has 4 heteroatoms. The predicted molar refractivity (Wildman–Crippen MR) is 74.4 cm³/mol. The van der Waals surface area contributed by atoms with E-state index in [1.54, 1.807) is 0 Å². The Morgan fingerprint density at radius 1 is 1.38 bits per heavy atom. The number of carbonyl (C=O) groups is 1. The summed E-state index contributed by atoms with van der Waals surface area (Å²) < 4.78 is 0. The van der Waals surface area contributed by atoms with Crippen molar-refractivity contribution in [2.75, 3.05) is 5.33 Å². The summed E-state index contributed by atoms with van der Waals surface area (Å²) in [6.45, 7) is 6.08. The maximum Gasteiger partial charge on any atom is 0.238 e. The first-order valence-corrected chi connectivity index (χ1v) is 7.51. The molecular formula is C12H23BrClNO. The van der Waals surface area contributed by atoms with Crippen LogP contribution in [0.3, 0.4) is 0 Å². The van der Waals surface area contributed by atoms with Crippen LogP contribution in [0.1, 0.15) is 52.9 Å². The highest BCUT2D eigenvalue weighted by molar-refractivity contribution is 9.09. The van der Waals surface area contributed by atoms with E-state index >= 15 is 0 Å². The number of unbranched alkanes of at least 4 members (excludes halogenated alkanes) is 2. The summed E-state index contributed by atoms with van der Waals surface area (Å²) in [5, 5.41) is 3.60. The van der Waals surface area contributed by atoms with Gasteiger partial charge in [0.05, 0.1) is 0 Å². The highest BCUT2D eigenvalue weighted by atomic mass is 79.9. The van der Waals surface area contributed by atoms with Gasteiger partial charge in [-0.1, -0.05) is 35.7 Å². The van der Waals surface area contributed by atoms with Gasteiger partial charge in [0, 0.05) is 10.9 Å². The number of halogens is 2. The lowest BCUT2D eigenvalue weighted by atomic mass is 10.0. The fourth-order valence-electron chi connectivity index (χ4n) is 1.23. The first-order valence-electron chi connectivity index (χ1n) is 5.95. The van der Waals surface area contributed by atoms with Gasteiger partial charge in [-0.3, -0.25) is 4.79 Å². The fraction of sp³-hybridized carbons (Fsp3) is 0.917. The molecule has 16 heavy (non-hydrogen) atoms. The van der Waals surface area contributed by atoms with Gasteiger partial charge in [-0.25, -0.2) is 0 Å². The van der Waals surface area contributed by atoms with Gasteiger partial charge >= 0.3 is 0 Å². The van der Waals surface area contributed by atoms with Crippen molar-refractivity contribution in [3.05, 3.63) is 0 Å². The third-order valence-electron chi connectivity index (χ3n) is 2.72. The predicted octanol–water partition coefficient (Wildman–Crippen LogP) is 3.85. The quantitative estimate of drug-likeness (QED) is 0.535. The summed E-state index contributed by atoms with van der Waals surface area (Å²) >= 11 is 9.43. The molecule has 0 saturated carbocycles. The molecule has 1 amide bonds. The number of carbonyl (C=O) groups excluding carboxylic acids is 1. The van der Waals surface area contributed by atoms with E-state index in [-0.39, 0.29) is 16.8 Å². The number of rotatable bonds is 8. The lowest BCUT2D eigenvalue weighted by Gasteiger charge is -2.25. The minimum Gasteiger partial charge on any atom is -0.350 e. The molecule has 0 aromatic carbocycles. The van der Waals surface area contributed by atoms with Gasteiger partial charge in [0.15, 0.2) is 0 Å². The Morgan fingerprint density at radius 2 is 2.00 bits per heavy atom. The summed E-state index contributed by atoms with van der Waals surface area (Å²) in [4.78, 5) is 11.7. The summed E-state index contributed by atoms with van der Waals surface area (Å²) in [5.74, 6) is -0.0349. The number of hydrogen-bond donors (Lipinski definition) is 1. The minimum absolute atomic E-state index is 0.0349. The molecule has 0 aliphatic carbocycles. The SMILES string of the molecule is CCC(C)(C)NC(=O)C(Cl)CCCCCBr. The Balaban J connectivity index is 3.82. The van der Waals surface area contributed by atoms with Crippen LogP contribution in [0.25, 0.3) is 0 Å². The third kappa shape index (κ3) is 7.50. The molecule has 0 aromatic heterocycles.